The van der Waals surface area contributed by atoms with Crippen molar-refractivity contribution in [3.05, 3.63) is 48.3 Å². The van der Waals surface area contributed by atoms with Gasteiger partial charge < -0.3 is 20.5 Å². The summed E-state index contributed by atoms with van der Waals surface area (Å²) in [6.45, 7) is 1.45. The predicted octanol–water partition coefficient (Wildman–Crippen LogP) is 4.27. The number of carbonyl (C=O) groups is 1. The fourth-order valence-corrected chi connectivity index (χ4v) is 5.71. The Morgan fingerprint density at radius 3 is 2.56 bits per heavy atom. The highest BCUT2D eigenvalue weighted by Crippen LogP contribution is 2.36. The number of hydrogen-bond acceptors (Lipinski definition) is 6. The van der Waals surface area contributed by atoms with Crippen LogP contribution in [-0.4, -0.2) is 47.2 Å². The van der Waals surface area contributed by atoms with Crippen LogP contribution in [0.4, 0.5) is 9.18 Å². The molecule has 9 heteroatoms. The highest BCUT2D eigenvalue weighted by atomic mass is 32.1. The number of piperidine rings is 1. The van der Waals surface area contributed by atoms with Gasteiger partial charge in [0.2, 0.25) is 0 Å². The Morgan fingerprint density at radius 2 is 1.88 bits per heavy atom. The third-order valence-corrected chi connectivity index (χ3v) is 7.18. The van der Waals surface area contributed by atoms with Crippen molar-refractivity contribution in [2.75, 3.05) is 13.2 Å². The van der Waals surface area contributed by atoms with Crippen LogP contribution >= 0.6 is 11.3 Å². The Balaban J connectivity index is 1.12. The van der Waals surface area contributed by atoms with Crippen molar-refractivity contribution in [3.8, 4) is 16.7 Å². The predicted molar refractivity (Wildman–Crippen MR) is 121 cm³/mol. The molecule has 2 bridgehead atoms. The van der Waals surface area contributed by atoms with Crippen LogP contribution in [0.2, 0.25) is 0 Å². The average Bonchev–Trinajstić information content (AvgIpc) is 3.27. The Hall–Kier alpha value is -2.91. The topological polar surface area (TPSA) is 89.7 Å². The average molecular weight is 457 g/mol. The zero-order valence-electron chi connectivity index (χ0n) is 17.5. The number of carbonyl (C=O) groups excluding carboxylic acids is 1. The Labute approximate surface area is 189 Å². The van der Waals surface area contributed by atoms with E-state index < -0.39 is 6.03 Å². The van der Waals surface area contributed by atoms with Gasteiger partial charge >= 0.3 is 6.03 Å². The molecule has 168 valence electrons. The summed E-state index contributed by atoms with van der Waals surface area (Å²) in [7, 11) is 0. The molecule has 2 fully saturated rings. The van der Waals surface area contributed by atoms with E-state index in [2.05, 4.69) is 15.2 Å². The number of benzene rings is 2. The Kier molecular flexibility index (Phi) is 5.84. The Morgan fingerprint density at radius 1 is 1.16 bits per heavy atom. The highest BCUT2D eigenvalue weighted by molar-refractivity contribution is 7.20. The number of hydrogen-bond donors (Lipinski definition) is 2. The van der Waals surface area contributed by atoms with Crippen LogP contribution in [0.25, 0.3) is 10.2 Å². The van der Waals surface area contributed by atoms with Gasteiger partial charge in [0.1, 0.15) is 23.9 Å². The lowest BCUT2D eigenvalue weighted by atomic mass is 9.97. The molecule has 2 amide bonds. The molecular formula is C23H25FN4O3S. The number of aromatic nitrogens is 1. The molecular weight excluding hydrogens is 431 g/mol. The van der Waals surface area contributed by atoms with Crippen molar-refractivity contribution in [1.29, 1.82) is 0 Å². The number of nitrogens with two attached hydrogens (primary N) is 1. The summed E-state index contributed by atoms with van der Waals surface area (Å²) >= 11 is 1.19. The van der Waals surface area contributed by atoms with Crippen LogP contribution < -0.4 is 20.5 Å². The van der Waals surface area contributed by atoms with Gasteiger partial charge in [0.25, 0.3) is 5.19 Å². The van der Waals surface area contributed by atoms with Crippen LogP contribution in [0.1, 0.15) is 25.7 Å². The number of amides is 2. The first-order valence-electron chi connectivity index (χ1n) is 10.8. The van der Waals surface area contributed by atoms with E-state index in [4.69, 9.17) is 15.2 Å². The molecule has 0 radical (unpaired) electrons. The molecule has 5 rings (SSSR count). The molecule has 2 atom stereocenters. The highest BCUT2D eigenvalue weighted by Gasteiger charge is 2.40. The zero-order valence-corrected chi connectivity index (χ0v) is 18.3. The minimum absolute atomic E-state index is 0.182. The second-order valence-electron chi connectivity index (χ2n) is 8.29. The van der Waals surface area contributed by atoms with Crippen LogP contribution in [0.5, 0.6) is 16.7 Å². The van der Waals surface area contributed by atoms with E-state index in [0.717, 1.165) is 38.0 Å². The van der Waals surface area contributed by atoms with E-state index in [-0.39, 0.29) is 11.9 Å². The fourth-order valence-electron chi connectivity index (χ4n) is 4.87. The van der Waals surface area contributed by atoms with Gasteiger partial charge in [0, 0.05) is 24.7 Å². The normalized spacial score (nSPS) is 22.7. The minimum Gasteiger partial charge on any atom is -0.492 e. The van der Waals surface area contributed by atoms with Crippen molar-refractivity contribution >= 4 is 27.6 Å². The maximum atomic E-state index is 13.8. The van der Waals surface area contributed by atoms with E-state index >= 15 is 0 Å². The number of nitrogens with one attached hydrogen (secondary N) is 1. The maximum absolute atomic E-state index is 13.8. The van der Waals surface area contributed by atoms with Crippen LogP contribution in [0.15, 0.2) is 42.5 Å². The van der Waals surface area contributed by atoms with E-state index in [1.54, 1.807) is 12.1 Å². The third-order valence-electron chi connectivity index (χ3n) is 6.23. The fraction of sp³-hybridized carbons (Fsp3) is 0.391. The number of primary amides is 1. The largest absolute Gasteiger partial charge is 0.492 e. The molecule has 3 heterocycles. The first-order chi connectivity index (χ1) is 15.5. The molecule has 3 N–H and O–H groups in total. The summed E-state index contributed by atoms with van der Waals surface area (Å²) in [5.74, 6) is 1.10. The van der Waals surface area contributed by atoms with Gasteiger partial charge in [-0.2, -0.15) is 0 Å². The van der Waals surface area contributed by atoms with Crippen molar-refractivity contribution in [3.63, 3.8) is 0 Å². The van der Waals surface area contributed by atoms with Gasteiger partial charge in [0.05, 0.1) is 10.2 Å². The van der Waals surface area contributed by atoms with Gasteiger partial charge in [-0.25, -0.2) is 14.2 Å². The lowest BCUT2D eigenvalue weighted by Crippen LogP contribution is -2.52. The smallest absolute Gasteiger partial charge is 0.312 e. The lowest BCUT2D eigenvalue weighted by Gasteiger charge is -2.38. The van der Waals surface area contributed by atoms with E-state index in [1.165, 1.54) is 17.4 Å². The van der Waals surface area contributed by atoms with Gasteiger partial charge in [-0.1, -0.05) is 17.4 Å². The quantitative estimate of drug-likeness (QED) is 0.554. The SMILES string of the molecule is NC(=O)NC1CC2CCC(C1)N2CCOc1ccc(Oc2nc3cccc(F)c3s2)cc1. The summed E-state index contributed by atoms with van der Waals surface area (Å²) < 4.78 is 26.1. The third kappa shape index (κ3) is 4.49. The second-order valence-corrected chi connectivity index (χ2v) is 9.25. The van der Waals surface area contributed by atoms with E-state index in [0.29, 0.717) is 39.9 Å². The molecule has 1 aromatic heterocycles. The molecule has 2 aromatic carbocycles. The number of fused-ring (bicyclic) bond motifs is 3. The molecule has 0 saturated carbocycles. The van der Waals surface area contributed by atoms with Crippen molar-refractivity contribution in [1.82, 2.24) is 15.2 Å². The summed E-state index contributed by atoms with van der Waals surface area (Å²) in [6, 6.07) is 12.9. The van der Waals surface area contributed by atoms with Crippen LogP contribution in [0, 0.1) is 5.82 Å². The molecule has 32 heavy (non-hydrogen) atoms. The van der Waals surface area contributed by atoms with Crippen molar-refractivity contribution in [2.24, 2.45) is 5.73 Å². The minimum atomic E-state index is -0.436. The lowest BCUT2D eigenvalue weighted by molar-refractivity contribution is 0.1000. The molecule has 0 spiro atoms. The Bertz CT molecular complexity index is 1090. The first-order valence-corrected chi connectivity index (χ1v) is 11.6. The van der Waals surface area contributed by atoms with Gasteiger partial charge in [0.15, 0.2) is 0 Å². The van der Waals surface area contributed by atoms with Gasteiger partial charge in [-0.15, -0.1) is 0 Å². The molecule has 7 nitrogen and oxygen atoms in total. The summed E-state index contributed by atoms with van der Waals surface area (Å²) in [4.78, 5) is 18.0. The molecule has 0 aliphatic carbocycles. The second kappa shape index (κ2) is 8.91. The first kappa shape index (κ1) is 21.0. The molecule has 2 aliphatic heterocycles. The molecule has 2 unspecified atom stereocenters. The molecule has 3 aromatic rings. The standard InChI is InChI=1S/C23H25FN4O3S/c24-19-2-1-3-20-21(19)32-23(27-20)31-18-8-6-17(7-9-18)30-11-10-28-15-4-5-16(28)13-14(12-15)26-22(25)29/h1-3,6-9,14-16H,4-5,10-13H2,(H3,25,26,29). The summed E-state index contributed by atoms with van der Waals surface area (Å²) in [5.41, 5.74) is 5.87. The maximum Gasteiger partial charge on any atom is 0.312 e. The van der Waals surface area contributed by atoms with E-state index in [9.17, 15) is 9.18 Å². The monoisotopic (exact) mass is 456 g/mol. The summed E-state index contributed by atoms with van der Waals surface area (Å²) in [6.07, 6.45) is 4.20. The zero-order chi connectivity index (χ0) is 22.1. The number of halogens is 1. The summed E-state index contributed by atoms with van der Waals surface area (Å²) in [5, 5.41) is 3.27. The number of thiazole rings is 1. The number of urea groups is 1. The van der Waals surface area contributed by atoms with Crippen molar-refractivity contribution < 1.29 is 18.7 Å². The van der Waals surface area contributed by atoms with Crippen LogP contribution in [0.3, 0.4) is 0 Å². The van der Waals surface area contributed by atoms with Gasteiger partial charge in [-0.3, -0.25) is 4.90 Å². The van der Waals surface area contributed by atoms with Crippen molar-refractivity contribution in [2.45, 2.75) is 43.8 Å². The molecule has 2 saturated heterocycles. The van der Waals surface area contributed by atoms with Crippen LogP contribution in [-0.2, 0) is 0 Å². The van der Waals surface area contributed by atoms with Gasteiger partial charge in [-0.05, 0) is 62.1 Å². The van der Waals surface area contributed by atoms with E-state index in [1.807, 2.05) is 24.3 Å². The molecule has 2 aliphatic rings. The number of nitrogens with zero attached hydrogens (tertiary/aromatic N) is 2. The number of ether oxygens (including phenoxy) is 2. The number of rotatable bonds is 7.